The van der Waals surface area contributed by atoms with Gasteiger partial charge in [0.1, 0.15) is 0 Å². The van der Waals surface area contributed by atoms with E-state index in [-0.39, 0.29) is 10.8 Å². The predicted molar refractivity (Wildman–Crippen MR) is 141 cm³/mol. The molecule has 0 bridgehead atoms. The van der Waals surface area contributed by atoms with Gasteiger partial charge in [0.2, 0.25) is 23.6 Å². The number of hydrogen-bond donors (Lipinski definition) is 0. The average molecular weight is 479 g/mol. The van der Waals surface area contributed by atoms with Crippen LogP contribution < -0.4 is 0 Å². The molecule has 0 unspecified atom stereocenters. The lowest BCUT2D eigenvalue weighted by Crippen LogP contribution is -2.11. The maximum absolute atomic E-state index is 5.88. The summed E-state index contributed by atoms with van der Waals surface area (Å²) < 4.78 is 11.8. The van der Waals surface area contributed by atoms with Crippen molar-refractivity contribution >= 4 is 0 Å². The first-order valence-electron chi connectivity index (χ1n) is 12.1. The number of nitrogens with zero attached hydrogens (tertiary/aromatic N) is 4. The molecule has 5 rings (SSSR count). The third kappa shape index (κ3) is 4.85. The Kier molecular flexibility index (Phi) is 5.83. The van der Waals surface area contributed by atoms with Crippen LogP contribution >= 0.6 is 0 Å². The summed E-state index contributed by atoms with van der Waals surface area (Å²) in [7, 11) is 0. The molecule has 3 aromatic carbocycles. The third-order valence-corrected chi connectivity index (χ3v) is 5.93. The average Bonchev–Trinajstić information content (AvgIpc) is 3.55. The van der Waals surface area contributed by atoms with Gasteiger partial charge < -0.3 is 8.83 Å². The van der Waals surface area contributed by atoms with Crippen LogP contribution in [0.15, 0.2) is 81.6 Å². The normalized spacial score (nSPS) is 12.2. The SMILES string of the molecule is CC(C)(C)c1nnc(-c2ccc(-c3cccc(-c4ccc(-c5nnc(C(C)(C)C)o5)cc4)c3)cc2)o1. The van der Waals surface area contributed by atoms with E-state index in [2.05, 4.69) is 110 Å². The topological polar surface area (TPSA) is 77.8 Å². The van der Waals surface area contributed by atoms with E-state index in [4.69, 9.17) is 8.83 Å². The maximum atomic E-state index is 5.88. The molecule has 0 aliphatic rings. The summed E-state index contributed by atoms with van der Waals surface area (Å²) in [6, 6.07) is 24.9. The van der Waals surface area contributed by atoms with Crippen molar-refractivity contribution in [1.82, 2.24) is 20.4 Å². The zero-order valence-electron chi connectivity index (χ0n) is 21.5. The van der Waals surface area contributed by atoms with Gasteiger partial charge >= 0.3 is 0 Å². The van der Waals surface area contributed by atoms with Crippen molar-refractivity contribution in [3.05, 3.63) is 84.6 Å². The van der Waals surface area contributed by atoms with Crippen molar-refractivity contribution in [2.75, 3.05) is 0 Å². The summed E-state index contributed by atoms with van der Waals surface area (Å²) in [6.45, 7) is 12.3. The van der Waals surface area contributed by atoms with Crippen LogP contribution in [-0.2, 0) is 10.8 Å². The standard InChI is InChI=1S/C30H30N4O2/c1-29(2,3)27-33-31-25(35-27)21-14-10-19(11-15-21)23-8-7-9-24(18-23)20-12-16-22(17-13-20)26-32-34-28(36-26)30(4,5)6/h7-18H,1-6H3. The van der Waals surface area contributed by atoms with E-state index in [0.29, 0.717) is 23.6 Å². The second-order valence-electron chi connectivity index (χ2n) is 11.1. The van der Waals surface area contributed by atoms with Crippen LogP contribution in [0.25, 0.3) is 45.2 Å². The molecule has 5 aromatic rings. The molecule has 2 aromatic heterocycles. The fraction of sp³-hybridized carbons (Fsp3) is 0.267. The van der Waals surface area contributed by atoms with E-state index >= 15 is 0 Å². The van der Waals surface area contributed by atoms with Crippen LogP contribution in [0.5, 0.6) is 0 Å². The summed E-state index contributed by atoms with van der Waals surface area (Å²) in [4.78, 5) is 0. The molecular formula is C30H30N4O2. The zero-order valence-corrected chi connectivity index (χ0v) is 21.5. The first kappa shape index (κ1) is 23.7. The van der Waals surface area contributed by atoms with E-state index in [1.54, 1.807) is 0 Å². The molecular weight excluding hydrogens is 448 g/mol. The van der Waals surface area contributed by atoms with E-state index in [1.165, 1.54) is 0 Å². The lowest BCUT2D eigenvalue weighted by Gasteiger charge is -2.11. The summed E-state index contributed by atoms with van der Waals surface area (Å²) in [6.07, 6.45) is 0. The molecule has 182 valence electrons. The highest BCUT2D eigenvalue weighted by atomic mass is 16.4. The van der Waals surface area contributed by atoms with Gasteiger partial charge in [-0.3, -0.25) is 0 Å². The quantitative estimate of drug-likeness (QED) is 0.263. The molecule has 6 nitrogen and oxygen atoms in total. The van der Waals surface area contributed by atoms with Gasteiger partial charge in [-0.15, -0.1) is 20.4 Å². The van der Waals surface area contributed by atoms with Crippen molar-refractivity contribution in [2.24, 2.45) is 0 Å². The maximum Gasteiger partial charge on any atom is 0.247 e. The second kappa shape index (κ2) is 8.86. The second-order valence-corrected chi connectivity index (χ2v) is 11.1. The first-order chi connectivity index (χ1) is 17.1. The third-order valence-electron chi connectivity index (χ3n) is 5.93. The molecule has 36 heavy (non-hydrogen) atoms. The lowest BCUT2D eigenvalue weighted by molar-refractivity contribution is 0.399. The van der Waals surface area contributed by atoms with Crippen LogP contribution in [0.1, 0.15) is 53.3 Å². The van der Waals surface area contributed by atoms with Gasteiger partial charge in [-0.2, -0.15) is 0 Å². The molecule has 0 radical (unpaired) electrons. The summed E-state index contributed by atoms with van der Waals surface area (Å²) in [5.41, 5.74) is 5.97. The number of aromatic nitrogens is 4. The number of rotatable bonds is 4. The van der Waals surface area contributed by atoms with Crippen LogP contribution in [0.4, 0.5) is 0 Å². The lowest BCUT2D eigenvalue weighted by atomic mass is 9.97. The molecule has 2 heterocycles. The molecule has 0 aliphatic heterocycles. The Morgan fingerprint density at radius 1 is 0.444 bits per heavy atom. The minimum Gasteiger partial charge on any atom is -0.420 e. The monoisotopic (exact) mass is 478 g/mol. The molecule has 0 aliphatic carbocycles. The van der Waals surface area contributed by atoms with Crippen molar-refractivity contribution in [3.63, 3.8) is 0 Å². The van der Waals surface area contributed by atoms with Crippen LogP contribution in [0.2, 0.25) is 0 Å². The van der Waals surface area contributed by atoms with Gasteiger partial charge in [-0.05, 0) is 52.6 Å². The molecule has 0 saturated carbocycles. The highest BCUT2D eigenvalue weighted by Gasteiger charge is 2.23. The van der Waals surface area contributed by atoms with Gasteiger partial charge in [0.15, 0.2) is 0 Å². The summed E-state index contributed by atoms with van der Waals surface area (Å²) >= 11 is 0. The van der Waals surface area contributed by atoms with E-state index in [9.17, 15) is 0 Å². The van der Waals surface area contributed by atoms with E-state index in [0.717, 1.165) is 33.4 Å². The number of benzene rings is 3. The van der Waals surface area contributed by atoms with E-state index in [1.807, 2.05) is 24.3 Å². The Morgan fingerprint density at radius 3 is 1.14 bits per heavy atom. The minimum atomic E-state index is -0.176. The molecule has 0 fully saturated rings. The molecule has 0 atom stereocenters. The van der Waals surface area contributed by atoms with Crippen molar-refractivity contribution in [2.45, 2.75) is 52.4 Å². The molecule has 0 spiro atoms. The van der Waals surface area contributed by atoms with Crippen molar-refractivity contribution < 1.29 is 8.83 Å². The minimum absolute atomic E-state index is 0.176. The Hall–Kier alpha value is -4.06. The Morgan fingerprint density at radius 2 is 0.806 bits per heavy atom. The fourth-order valence-corrected chi connectivity index (χ4v) is 3.77. The Bertz CT molecular complexity index is 1370. The molecule has 0 amide bonds. The van der Waals surface area contributed by atoms with Gasteiger partial charge in [0, 0.05) is 22.0 Å². The largest absolute Gasteiger partial charge is 0.420 e. The molecule has 0 N–H and O–H groups in total. The fourth-order valence-electron chi connectivity index (χ4n) is 3.77. The van der Waals surface area contributed by atoms with Gasteiger partial charge in [-0.25, -0.2) is 0 Å². The summed E-state index contributed by atoms with van der Waals surface area (Å²) in [5, 5.41) is 16.8. The smallest absolute Gasteiger partial charge is 0.247 e. The molecule has 0 saturated heterocycles. The Labute approximate surface area is 211 Å². The van der Waals surface area contributed by atoms with Gasteiger partial charge in [-0.1, -0.05) is 84.0 Å². The highest BCUT2D eigenvalue weighted by Crippen LogP contribution is 2.31. The molecule has 6 heteroatoms. The van der Waals surface area contributed by atoms with Crippen molar-refractivity contribution in [1.29, 1.82) is 0 Å². The van der Waals surface area contributed by atoms with Crippen molar-refractivity contribution in [3.8, 4) is 45.2 Å². The van der Waals surface area contributed by atoms with Gasteiger partial charge in [0.25, 0.3) is 0 Å². The first-order valence-corrected chi connectivity index (χ1v) is 12.1. The number of hydrogen-bond acceptors (Lipinski definition) is 6. The van der Waals surface area contributed by atoms with Crippen LogP contribution in [0.3, 0.4) is 0 Å². The summed E-state index contributed by atoms with van der Waals surface area (Å²) in [5.74, 6) is 2.34. The zero-order chi connectivity index (χ0) is 25.5. The Balaban J connectivity index is 1.36. The van der Waals surface area contributed by atoms with Crippen LogP contribution in [-0.4, -0.2) is 20.4 Å². The van der Waals surface area contributed by atoms with E-state index < -0.39 is 0 Å². The van der Waals surface area contributed by atoms with Crippen LogP contribution in [0, 0.1) is 0 Å². The highest BCUT2D eigenvalue weighted by molar-refractivity contribution is 5.75. The van der Waals surface area contributed by atoms with Gasteiger partial charge in [0.05, 0.1) is 0 Å². The predicted octanol–water partition coefficient (Wildman–Crippen LogP) is 7.72.